The summed E-state index contributed by atoms with van der Waals surface area (Å²) in [5, 5.41) is 3.65. The number of benzene rings is 1. The molecule has 1 unspecified atom stereocenters. The molecule has 1 nitrogen and oxygen atoms in total. The average molecular weight is 287 g/mol. The Hall–Kier alpha value is -1.12. The lowest BCUT2D eigenvalue weighted by atomic mass is 9.98. The SMILES string of the molecule is CCNC(Cc1cc(C)ccc1C)c1cc(C)c(C)s1. The summed E-state index contributed by atoms with van der Waals surface area (Å²) in [6.45, 7) is 12.0. The molecule has 1 aromatic heterocycles. The third-order valence-electron chi connectivity index (χ3n) is 3.91. The van der Waals surface area contributed by atoms with Gasteiger partial charge in [-0.15, -0.1) is 11.3 Å². The van der Waals surface area contributed by atoms with Gasteiger partial charge in [0.2, 0.25) is 0 Å². The van der Waals surface area contributed by atoms with Crippen LogP contribution in [0.1, 0.15) is 45.0 Å². The van der Waals surface area contributed by atoms with Gasteiger partial charge in [0.25, 0.3) is 0 Å². The van der Waals surface area contributed by atoms with Gasteiger partial charge in [0.15, 0.2) is 0 Å². The van der Waals surface area contributed by atoms with Gasteiger partial charge in [-0.3, -0.25) is 0 Å². The molecule has 2 rings (SSSR count). The second-order valence-corrected chi connectivity index (χ2v) is 6.92. The molecular weight excluding hydrogens is 262 g/mol. The average Bonchev–Trinajstić information content (AvgIpc) is 2.73. The number of aryl methyl sites for hydroxylation is 4. The monoisotopic (exact) mass is 287 g/mol. The molecule has 1 N–H and O–H groups in total. The largest absolute Gasteiger partial charge is 0.309 e. The van der Waals surface area contributed by atoms with E-state index in [0.717, 1.165) is 13.0 Å². The van der Waals surface area contributed by atoms with Crippen LogP contribution in [0.3, 0.4) is 0 Å². The Bertz CT molecular complexity index is 564. The number of hydrogen-bond acceptors (Lipinski definition) is 2. The molecule has 1 atom stereocenters. The summed E-state index contributed by atoms with van der Waals surface area (Å²) in [5.74, 6) is 0. The molecule has 0 aliphatic rings. The van der Waals surface area contributed by atoms with Gasteiger partial charge in [0, 0.05) is 15.8 Å². The summed E-state index contributed by atoms with van der Waals surface area (Å²) in [7, 11) is 0. The molecule has 0 spiro atoms. The van der Waals surface area contributed by atoms with Crippen LogP contribution in [0.25, 0.3) is 0 Å². The van der Waals surface area contributed by atoms with Gasteiger partial charge < -0.3 is 5.32 Å². The van der Waals surface area contributed by atoms with Crippen LogP contribution in [0, 0.1) is 27.7 Å². The van der Waals surface area contributed by atoms with E-state index >= 15 is 0 Å². The van der Waals surface area contributed by atoms with Crippen molar-refractivity contribution >= 4 is 11.3 Å². The zero-order valence-corrected chi connectivity index (χ0v) is 14.0. The van der Waals surface area contributed by atoms with E-state index in [9.17, 15) is 0 Å². The molecule has 0 aliphatic heterocycles. The quantitative estimate of drug-likeness (QED) is 0.827. The van der Waals surface area contributed by atoms with E-state index in [2.05, 4.69) is 64.2 Å². The predicted molar refractivity (Wildman–Crippen MR) is 89.8 cm³/mol. The number of hydrogen-bond donors (Lipinski definition) is 1. The van der Waals surface area contributed by atoms with Crippen molar-refractivity contribution in [1.82, 2.24) is 5.32 Å². The Morgan fingerprint density at radius 1 is 1.05 bits per heavy atom. The molecule has 0 amide bonds. The summed E-state index contributed by atoms with van der Waals surface area (Å²) in [6.07, 6.45) is 1.07. The zero-order valence-electron chi connectivity index (χ0n) is 13.2. The van der Waals surface area contributed by atoms with E-state index in [1.165, 1.54) is 32.0 Å². The molecular formula is C18H25NS. The van der Waals surface area contributed by atoms with Gasteiger partial charge in [-0.25, -0.2) is 0 Å². The van der Waals surface area contributed by atoms with Gasteiger partial charge in [0.1, 0.15) is 0 Å². The van der Waals surface area contributed by atoms with E-state index in [1.807, 2.05) is 11.3 Å². The summed E-state index contributed by atoms with van der Waals surface area (Å²) in [6, 6.07) is 9.53. The molecule has 108 valence electrons. The highest BCUT2D eigenvalue weighted by Gasteiger charge is 2.15. The first kappa shape index (κ1) is 15.3. The third kappa shape index (κ3) is 3.50. The number of rotatable bonds is 5. The van der Waals surface area contributed by atoms with E-state index in [4.69, 9.17) is 0 Å². The zero-order chi connectivity index (χ0) is 14.7. The molecule has 0 saturated heterocycles. The lowest BCUT2D eigenvalue weighted by molar-refractivity contribution is 0.557. The second kappa shape index (κ2) is 6.55. The van der Waals surface area contributed by atoms with Crippen molar-refractivity contribution in [3.05, 3.63) is 56.3 Å². The molecule has 0 radical (unpaired) electrons. The van der Waals surface area contributed by atoms with Gasteiger partial charge in [0.05, 0.1) is 0 Å². The maximum absolute atomic E-state index is 3.65. The standard InChI is InChI=1S/C18H25NS/c1-6-19-17(18-10-14(4)15(5)20-18)11-16-9-12(2)7-8-13(16)3/h7-10,17,19H,6,11H2,1-5H3. The van der Waals surface area contributed by atoms with Gasteiger partial charge in [-0.05, 0) is 63.4 Å². The molecule has 0 bridgehead atoms. The predicted octanol–water partition coefficient (Wildman–Crippen LogP) is 4.88. The van der Waals surface area contributed by atoms with E-state index in [0.29, 0.717) is 6.04 Å². The maximum atomic E-state index is 3.65. The Balaban J connectivity index is 2.27. The molecule has 20 heavy (non-hydrogen) atoms. The van der Waals surface area contributed by atoms with Crippen LogP contribution >= 0.6 is 11.3 Å². The number of likely N-dealkylation sites (N-methyl/N-ethyl adjacent to an activating group) is 1. The van der Waals surface area contributed by atoms with Crippen molar-refractivity contribution in [3.63, 3.8) is 0 Å². The number of thiophene rings is 1. The van der Waals surface area contributed by atoms with Crippen molar-refractivity contribution < 1.29 is 0 Å². The van der Waals surface area contributed by atoms with Gasteiger partial charge in [-0.2, -0.15) is 0 Å². The minimum Gasteiger partial charge on any atom is -0.309 e. The van der Waals surface area contributed by atoms with Gasteiger partial charge in [-0.1, -0.05) is 30.7 Å². The molecule has 0 saturated carbocycles. The molecule has 2 aromatic rings. The smallest absolute Gasteiger partial charge is 0.0455 e. The fourth-order valence-electron chi connectivity index (χ4n) is 2.53. The maximum Gasteiger partial charge on any atom is 0.0455 e. The molecule has 2 heteroatoms. The second-order valence-electron chi connectivity index (χ2n) is 5.63. The van der Waals surface area contributed by atoms with Crippen LogP contribution in [-0.2, 0) is 6.42 Å². The Kier molecular flexibility index (Phi) is 5.00. The van der Waals surface area contributed by atoms with Crippen LogP contribution in [0.4, 0.5) is 0 Å². The lowest BCUT2D eigenvalue weighted by Crippen LogP contribution is -2.22. The van der Waals surface area contributed by atoms with Crippen LogP contribution in [-0.4, -0.2) is 6.54 Å². The highest BCUT2D eigenvalue weighted by atomic mass is 32.1. The fraction of sp³-hybridized carbons (Fsp3) is 0.444. The van der Waals surface area contributed by atoms with Crippen LogP contribution < -0.4 is 5.32 Å². The van der Waals surface area contributed by atoms with E-state index in [-0.39, 0.29) is 0 Å². The summed E-state index contributed by atoms with van der Waals surface area (Å²) in [5.41, 5.74) is 5.61. The highest BCUT2D eigenvalue weighted by molar-refractivity contribution is 7.12. The normalized spacial score (nSPS) is 12.7. The Morgan fingerprint density at radius 2 is 1.80 bits per heavy atom. The Morgan fingerprint density at radius 3 is 2.40 bits per heavy atom. The van der Waals surface area contributed by atoms with Crippen molar-refractivity contribution in [1.29, 1.82) is 0 Å². The van der Waals surface area contributed by atoms with E-state index < -0.39 is 0 Å². The first-order valence-corrected chi connectivity index (χ1v) is 8.19. The van der Waals surface area contributed by atoms with Crippen molar-refractivity contribution in [3.8, 4) is 0 Å². The van der Waals surface area contributed by atoms with Crippen LogP contribution in [0.5, 0.6) is 0 Å². The molecule has 1 heterocycles. The molecule has 1 aromatic carbocycles. The minimum atomic E-state index is 0.429. The first-order chi connectivity index (χ1) is 9.51. The van der Waals surface area contributed by atoms with Crippen molar-refractivity contribution in [2.75, 3.05) is 6.54 Å². The Labute approximate surface area is 127 Å². The van der Waals surface area contributed by atoms with Crippen LogP contribution in [0.15, 0.2) is 24.3 Å². The minimum absolute atomic E-state index is 0.429. The molecule has 0 aliphatic carbocycles. The van der Waals surface area contributed by atoms with E-state index in [1.54, 1.807) is 0 Å². The summed E-state index contributed by atoms with van der Waals surface area (Å²) >= 11 is 1.93. The van der Waals surface area contributed by atoms with Crippen molar-refractivity contribution in [2.45, 2.75) is 47.1 Å². The fourth-order valence-corrected chi connectivity index (χ4v) is 3.65. The molecule has 0 fully saturated rings. The summed E-state index contributed by atoms with van der Waals surface area (Å²) < 4.78 is 0. The summed E-state index contributed by atoms with van der Waals surface area (Å²) in [4.78, 5) is 2.90. The first-order valence-electron chi connectivity index (χ1n) is 7.37. The highest BCUT2D eigenvalue weighted by Crippen LogP contribution is 2.29. The lowest BCUT2D eigenvalue weighted by Gasteiger charge is -2.18. The third-order valence-corrected chi connectivity index (χ3v) is 5.17. The topological polar surface area (TPSA) is 12.0 Å². The number of nitrogens with one attached hydrogen (secondary N) is 1. The van der Waals surface area contributed by atoms with Crippen molar-refractivity contribution in [2.24, 2.45) is 0 Å². The van der Waals surface area contributed by atoms with Crippen LogP contribution in [0.2, 0.25) is 0 Å². The van der Waals surface area contributed by atoms with Gasteiger partial charge >= 0.3 is 0 Å².